The van der Waals surface area contributed by atoms with Gasteiger partial charge < -0.3 is 33.8 Å². The summed E-state index contributed by atoms with van der Waals surface area (Å²) in [6.07, 6.45) is 43.0. The van der Waals surface area contributed by atoms with Crippen molar-refractivity contribution in [1.82, 2.24) is 0 Å². The third kappa shape index (κ3) is 61.6. The van der Waals surface area contributed by atoms with Gasteiger partial charge in [-0.3, -0.25) is 37.3 Å². The Kier molecular flexibility index (Phi) is 58.7. The zero-order chi connectivity index (χ0) is 65.2. The molecule has 0 heterocycles. The molecule has 0 spiro atoms. The van der Waals surface area contributed by atoms with Crippen molar-refractivity contribution in [2.24, 2.45) is 17.8 Å². The van der Waals surface area contributed by atoms with E-state index in [1.165, 1.54) is 148 Å². The summed E-state index contributed by atoms with van der Waals surface area (Å²) < 4.78 is 68.2. The van der Waals surface area contributed by atoms with E-state index >= 15 is 0 Å². The number of aliphatic hydroxyl groups excluding tert-OH is 1. The molecule has 17 nitrogen and oxygen atoms in total. The zero-order valence-electron chi connectivity index (χ0n) is 57.2. The Morgan fingerprint density at radius 2 is 0.580 bits per heavy atom. The molecule has 0 saturated carbocycles. The molecule has 0 aromatic carbocycles. The minimum Gasteiger partial charge on any atom is -0.462 e. The second-order valence-corrected chi connectivity index (χ2v) is 29.0. The van der Waals surface area contributed by atoms with Gasteiger partial charge in [0, 0.05) is 25.7 Å². The summed E-state index contributed by atoms with van der Waals surface area (Å²) in [5.41, 5.74) is 0. The fraction of sp³-hybridized carbons (Fsp3) is 0.942. The molecule has 3 N–H and O–H groups in total. The summed E-state index contributed by atoms with van der Waals surface area (Å²) in [4.78, 5) is 72.5. The van der Waals surface area contributed by atoms with Crippen molar-refractivity contribution >= 4 is 39.5 Å². The summed E-state index contributed by atoms with van der Waals surface area (Å²) in [5.74, 6) is 0.0971. The van der Waals surface area contributed by atoms with Gasteiger partial charge in [0.15, 0.2) is 12.2 Å². The van der Waals surface area contributed by atoms with E-state index in [0.717, 1.165) is 108 Å². The van der Waals surface area contributed by atoms with Crippen LogP contribution in [0.3, 0.4) is 0 Å². The van der Waals surface area contributed by atoms with Crippen molar-refractivity contribution in [1.29, 1.82) is 0 Å². The SMILES string of the molecule is CCCCCCCCCCCCCCCC(=O)OC[C@H](COP(=O)(O)OC[C@@H](O)COP(=O)(O)OC[C@@H](COC(=O)CCCCCCCCCC(C)C)OC(=O)CCCCCCCCCCC(C)C)OC(=O)CCCCCCCCCCCCC(C)CC. The number of phosphoric acid groups is 2. The smallest absolute Gasteiger partial charge is 0.462 e. The molecule has 0 aromatic rings. The highest BCUT2D eigenvalue weighted by Gasteiger charge is 2.30. The third-order valence-electron chi connectivity index (χ3n) is 16.2. The lowest BCUT2D eigenvalue weighted by molar-refractivity contribution is -0.161. The fourth-order valence-corrected chi connectivity index (χ4v) is 11.9. The molecule has 3 unspecified atom stereocenters. The number of hydrogen-bond donors (Lipinski definition) is 3. The van der Waals surface area contributed by atoms with Gasteiger partial charge in [0.2, 0.25) is 0 Å². The van der Waals surface area contributed by atoms with Crippen molar-refractivity contribution in [2.75, 3.05) is 39.6 Å². The van der Waals surface area contributed by atoms with Crippen molar-refractivity contribution in [3.8, 4) is 0 Å². The predicted octanol–water partition coefficient (Wildman–Crippen LogP) is 19.5. The quantitative estimate of drug-likeness (QED) is 0.0222. The van der Waals surface area contributed by atoms with Crippen LogP contribution < -0.4 is 0 Å². The van der Waals surface area contributed by atoms with E-state index in [0.29, 0.717) is 31.6 Å². The summed E-state index contributed by atoms with van der Waals surface area (Å²) >= 11 is 0. The van der Waals surface area contributed by atoms with Crippen LogP contribution in [-0.2, 0) is 65.4 Å². The number of aliphatic hydroxyl groups is 1. The molecule has 0 rings (SSSR count). The standard InChI is InChI=1S/C69H134O17P2/c1-8-10-11-12-13-14-15-16-17-21-29-36-43-50-66(71)79-56-64(85-68(73)52-45-38-30-22-19-18-20-28-35-42-49-62(7)9-2)58-83-87(75,76)81-54-63(70)55-82-88(77,78)84-59-65(57-80-67(72)51-44-37-32-25-27-34-41-48-61(5)6)86-69(74)53-46-39-31-24-23-26-33-40-47-60(3)4/h60-65,70H,8-59H2,1-7H3,(H,75,76)(H,77,78)/t62?,63-,64-,65-/m1/s1. The number of hydrogen-bond acceptors (Lipinski definition) is 15. The van der Waals surface area contributed by atoms with E-state index in [2.05, 4.69) is 48.5 Å². The Morgan fingerprint density at radius 1 is 0.330 bits per heavy atom. The molecule has 0 aliphatic carbocycles. The Bertz CT molecular complexity index is 1730. The molecule has 0 amide bonds. The second kappa shape index (κ2) is 60.0. The van der Waals surface area contributed by atoms with E-state index in [1.807, 2.05) is 0 Å². The molecule has 0 radical (unpaired) electrons. The molecular formula is C69H134O17P2. The molecule has 88 heavy (non-hydrogen) atoms. The van der Waals surface area contributed by atoms with Crippen molar-refractivity contribution in [3.05, 3.63) is 0 Å². The van der Waals surface area contributed by atoms with Crippen LogP contribution in [0.15, 0.2) is 0 Å². The summed E-state index contributed by atoms with van der Waals surface area (Å²) in [6, 6.07) is 0. The minimum absolute atomic E-state index is 0.103. The van der Waals surface area contributed by atoms with E-state index in [-0.39, 0.29) is 25.7 Å². The maximum Gasteiger partial charge on any atom is 0.472 e. The van der Waals surface area contributed by atoms with Crippen LogP contribution in [0.4, 0.5) is 0 Å². The lowest BCUT2D eigenvalue weighted by atomic mass is 9.99. The first kappa shape index (κ1) is 86.1. The Labute approximate surface area is 537 Å². The molecule has 522 valence electrons. The first-order valence-corrected chi connectivity index (χ1v) is 38.9. The van der Waals surface area contributed by atoms with Crippen LogP contribution in [-0.4, -0.2) is 96.7 Å². The highest BCUT2D eigenvalue weighted by atomic mass is 31.2. The van der Waals surface area contributed by atoms with Gasteiger partial charge in [0.25, 0.3) is 0 Å². The van der Waals surface area contributed by atoms with Gasteiger partial charge in [-0.1, -0.05) is 292 Å². The first-order chi connectivity index (χ1) is 42.3. The Hall–Kier alpha value is -1.94. The van der Waals surface area contributed by atoms with Gasteiger partial charge in [0.1, 0.15) is 19.3 Å². The predicted molar refractivity (Wildman–Crippen MR) is 354 cm³/mol. The van der Waals surface area contributed by atoms with Crippen LogP contribution in [0.25, 0.3) is 0 Å². The van der Waals surface area contributed by atoms with Crippen LogP contribution >= 0.6 is 15.6 Å². The maximum atomic E-state index is 13.0. The third-order valence-corrected chi connectivity index (χ3v) is 18.1. The van der Waals surface area contributed by atoms with Gasteiger partial charge in [0.05, 0.1) is 26.4 Å². The maximum absolute atomic E-state index is 13.0. The molecule has 0 aliphatic heterocycles. The molecule has 0 saturated heterocycles. The number of carbonyl (C=O) groups is 4. The van der Waals surface area contributed by atoms with Crippen molar-refractivity contribution < 1.29 is 80.2 Å². The van der Waals surface area contributed by atoms with Gasteiger partial charge in [-0.25, -0.2) is 9.13 Å². The van der Waals surface area contributed by atoms with E-state index in [4.69, 9.17) is 37.0 Å². The molecular weight excluding hydrogens is 1160 g/mol. The lowest BCUT2D eigenvalue weighted by Crippen LogP contribution is -2.30. The second-order valence-electron chi connectivity index (χ2n) is 26.1. The zero-order valence-corrected chi connectivity index (χ0v) is 59.0. The molecule has 6 atom stereocenters. The van der Waals surface area contributed by atoms with Crippen molar-refractivity contribution in [3.63, 3.8) is 0 Å². The summed E-state index contributed by atoms with van der Waals surface area (Å²) in [6.45, 7) is 11.8. The minimum atomic E-state index is -4.95. The summed E-state index contributed by atoms with van der Waals surface area (Å²) in [5, 5.41) is 10.6. The van der Waals surface area contributed by atoms with Crippen LogP contribution in [0.2, 0.25) is 0 Å². The Balaban J connectivity index is 5.26. The monoisotopic (exact) mass is 1300 g/mol. The number of phosphoric ester groups is 2. The normalized spacial score (nSPS) is 14.5. The van der Waals surface area contributed by atoms with Crippen LogP contribution in [0.5, 0.6) is 0 Å². The highest BCUT2D eigenvalue weighted by molar-refractivity contribution is 7.47. The first-order valence-electron chi connectivity index (χ1n) is 35.9. The molecule has 0 bridgehead atoms. The van der Waals surface area contributed by atoms with E-state index in [9.17, 15) is 43.2 Å². The van der Waals surface area contributed by atoms with E-state index < -0.39 is 97.5 Å². The number of esters is 4. The summed E-state index contributed by atoms with van der Waals surface area (Å²) in [7, 11) is -9.90. The average Bonchev–Trinajstić information content (AvgIpc) is 3.63. The average molecular weight is 1300 g/mol. The lowest BCUT2D eigenvalue weighted by Gasteiger charge is -2.21. The largest absolute Gasteiger partial charge is 0.472 e. The van der Waals surface area contributed by atoms with E-state index in [1.54, 1.807) is 0 Å². The van der Waals surface area contributed by atoms with Crippen LogP contribution in [0.1, 0.15) is 344 Å². The van der Waals surface area contributed by atoms with Gasteiger partial charge >= 0.3 is 39.5 Å². The number of carbonyl (C=O) groups excluding carboxylic acids is 4. The molecule has 0 fully saturated rings. The molecule has 19 heteroatoms. The van der Waals surface area contributed by atoms with Gasteiger partial charge in [-0.15, -0.1) is 0 Å². The highest BCUT2D eigenvalue weighted by Crippen LogP contribution is 2.45. The number of unbranched alkanes of at least 4 members (excludes halogenated alkanes) is 34. The fourth-order valence-electron chi connectivity index (χ4n) is 10.3. The molecule has 0 aromatic heterocycles. The van der Waals surface area contributed by atoms with Crippen molar-refractivity contribution in [2.45, 2.75) is 362 Å². The number of rotatable bonds is 67. The Morgan fingerprint density at radius 3 is 0.864 bits per heavy atom. The number of ether oxygens (including phenoxy) is 4. The van der Waals surface area contributed by atoms with Gasteiger partial charge in [-0.2, -0.15) is 0 Å². The molecule has 0 aliphatic rings. The van der Waals surface area contributed by atoms with Crippen LogP contribution in [0, 0.1) is 17.8 Å². The topological polar surface area (TPSA) is 237 Å². The van der Waals surface area contributed by atoms with Gasteiger partial charge in [-0.05, 0) is 43.4 Å².